The fraction of sp³-hybridized carbons (Fsp3) is 1.00. The van der Waals surface area contributed by atoms with Crippen LogP contribution in [0.4, 0.5) is 0 Å². The molecule has 1 aliphatic heterocycles. The lowest BCUT2D eigenvalue weighted by atomic mass is 10.2. The van der Waals surface area contributed by atoms with Gasteiger partial charge in [-0.2, -0.15) is 0 Å². The van der Waals surface area contributed by atoms with Gasteiger partial charge in [0.15, 0.2) is 0 Å². The number of nitrogens with zero attached hydrogens (tertiary/aromatic N) is 2. The Kier molecular flexibility index (Phi) is 5.53. The lowest BCUT2D eigenvalue weighted by molar-refractivity contribution is 0.124. The maximum Gasteiger partial charge on any atom is 0.0789 e. The van der Waals surface area contributed by atoms with Gasteiger partial charge in [-0.05, 0) is 26.1 Å². The Bertz CT molecular complexity index is 173. The van der Waals surface area contributed by atoms with Crippen LogP contribution in [0.1, 0.15) is 20.3 Å². The molecule has 3 N–H and O–H groups in total. The van der Waals surface area contributed by atoms with Crippen LogP contribution in [0, 0.1) is 0 Å². The Balaban J connectivity index is 2.31. The third-order valence-electron chi connectivity index (χ3n) is 3.32. The maximum atomic E-state index is 9.48. The summed E-state index contributed by atoms with van der Waals surface area (Å²) in [7, 11) is 0. The monoisotopic (exact) mass is 215 g/mol. The van der Waals surface area contributed by atoms with Crippen molar-refractivity contribution in [1.29, 1.82) is 0 Å². The molecule has 1 rings (SSSR count). The van der Waals surface area contributed by atoms with Gasteiger partial charge in [-0.15, -0.1) is 0 Å². The van der Waals surface area contributed by atoms with Gasteiger partial charge in [0.1, 0.15) is 0 Å². The van der Waals surface area contributed by atoms with E-state index in [1.165, 1.54) is 6.42 Å². The molecule has 0 aromatic heterocycles. The molecule has 0 radical (unpaired) electrons. The third kappa shape index (κ3) is 3.72. The summed E-state index contributed by atoms with van der Waals surface area (Å²) in [6.45, 7) is 9.93. The smallest absolute Gasteiger partial charge is 0.0789 e. The predicted octanol–water partition coefficient (Wildman–Crippen LogP) is -0.278. The molecule has 1 fully saturated rings. The number of nitrogens with two attached hydrogens (primary N) is 1. The Morgan fingerprint density at radius 2 is 2.13 bits per heavy atom. The van der Waals surface area contributed by atoms with Gasteiger partial charge >= 0.3 is 0 Å². The largest absolute Gasteiger partial charge is 0.390 e. The van der Waals surface area contributed by atoms with E-state index in [1.54, 1.807) is 0 Å². The van der Waals surface area contributed by atoms with Crippen molar-refractivity contribution in [2.45, 2.75) is 32.4 Å². The average molecular weight is 215 g/mol. The number of hydrogen-bond acceptors (Lipinski definition) is 4. The second kappa shape index (κ2) is 6.43. The van der Waals surface area contributed by atoms with E-state index in [9.17, 15) is 5.11 Å². The summed E-state index contributed by atoms with van der Waals surface area (Å²) in [4.78, 5) is 4.81. The number of β-amino-alcohol motifs (C(OH)–C–C–N with tert-alkyl or cyclic N) is 1. The van der Waals surface area contributed by atoms with Gasteiger partial charge < -0.3 is 10.8 Å². The highest BCUT2D eigenvalue weighted by atomic mass is 16.3. The Morgan fingerprint density at radius 1 is 1.47 bits per heavy atom. The van der Waals surface area contributed by atoms with Crippen molar-refractivity contribution < 1.29 is 5.11 Å². The van der Waals surface area contributed by atoms with Crippen LogP contribution in [0.2, 0.25) is 0 Å². The van der Waals surface area contributed by atoms with Crippen molar-refractivity contribution in [3.05, 3.63) is 0 Å². The summed E-state index contributed by atoms with van der Waals surface area (Å²) in [5.74, 6) is 0. The van der Waals surface area contributed by atoms with E-state index in [0.29, 0.717) is 12.6 Å². The van der Waals surface area contributed by atoms with E-state index in [2.05, 4.69) is 23.6 Å². The molecule has 0 spiro atoms. The normalized spacial score (nSPS) is 25.0. The standard InChI is InChI=1S/C11H25N3O/c1-3-14(4-2)10-5-6-13(8-10)9-11(15)7-12/h10-11,15H,3-9,12H2,1-2H3. The van der Waals surface area contributed by atoms with Gasteiger partial charge in [-0.1, -0.05) is 13.8 Å². The Morgan fingerprint density at radius 3 is 2.67 bits per heavy atom. The molecule has 2 atom stereocenters. The molecule has 1 aliphatic rings. The average Bonchev–Trinajstić information content (AvgIpc) is 2.68. The molecule has 0 aromatic rings. The van der Waals surface area contributed by atoms with Gasteiger partial charge in [0.25, 0.3) is 0 Å². The van der Waals surface area contributed by atoms with Crippen molar-refractivity contribution in [3.63, 3.8) is 0 Å². The summed E-state index contributed by atoms with van der Waals surface area (Å²) in [6, 6.07) is 0.671. The Labute approximate surface area is 93.0 Å². The van der Waals surface area contributed by atoms with Crippen LogP contribution >= 0.6 is 0 Å². The lowest BCUT2D eigenvalue weighted by Gasteiger charge is -2.26. The summed E-state index contributed by atoms with van der Waals surface area (Å²) in [5, 5.41) is 9.48. The first-order valence-electron chi connectivity index (χ1n) is 6.05. The minimum atomic E-state index is -0.361. The Hall–Kier alpha value is -0.160. The number of likely N-dealkylation sites (tertiary alicyclic amines) is 1. The number of aliphatic hydroxyl groups excluding tert-OH is 1. The molecule has 4 nitrogen and oxygen atoms in total. The predicted molar refractivity (Wildman–Crippen MR) is 62.8 cm³/mol. The van der Waals surface area contributed by atoms with Crippen molar-refractivity contribution in [1.82, 2.24) is 9.80 Å². The van der Waals surface area contributed by atoms with Crippen LogP contribution in [0.3, 0.4) is 0 Å². The van der Waals surface area contributed by atoms with Crippen LogP contribution < -0.4 is 5.73 Å². The number of hydrogen-bond donors (Lipinski definition) is 2. The van der Waals surface area contributed by atoms with Crippen LogP contribution in [-0.4, -0.2) is 66.3 Å². The highest BCUT2D eigenvalue weighted by Crippen LogP contribution is 2.15. The SMILES string of the molecule is CCN(CC)C1CCN(CC(O)CN)C1. The van der Waals surface area contributed by atoms with Gasteiger partial charge in [0, 0.05) is 25.7 Å². The minimum Gasteiger partial charge on any atom is -0.390 e. The zero-order valence-electron chi connectivity index (χ0n) is 10.0. The first kappa shape index (κ1) is 12.9. The molecule has 4 heteroatoms. The van der Waals surface area contributed by atoms with Crippen LogP contribution in [0.5, 0.6) is 0 Å². The molecule has 0 aromatic carbocycles. The number of likely N-dealkylation sites (N-methyl/N-ethyl adjacent to an activating group) is 1. The van der Waals surface area contributed by atoms with Gasteiger partial charge in [-0.3, -0.25) is 9.80 Å². The fourth-order valence-corrected chi connectivity index (χ4v) is 2.39. The molecule has 0 bridgehead atoms. The number of aliphatic hydroxyl groups is 1. The summed E-state index contributed by atoms with van der Waals surface area (Å²) in [5.41, 5.74) is 5.41. The van der Waals surface area contributed by atoms with Gasteiger partial charge in [-0.25, -0.2) is 0 Å². The first-order valence-corrected chi connectivity index (χ1v) is 6.05. The topological polar surface area (TPSA) is 52.7 Å². The van der Waals surface area contributed by atoms with Gasteiger partial charge in [0.2, 0.25) is 0 Å². The second-order valence-corrected chi connectivity index (χ2v) is 4.31. The van der Waals surface area contributed by atoms with Crippen LogP contribution in [0.15, 0.2) is 0 Å². The van der Waals surface area contributed by atoms with E-state index in [-0.39, 0.29) is 6.10 Å². The third-order valence-corrected chi connectivity index (χ3v) is 3.32. The van der Waals surface area contributed by atoms with E-state index in [0.717, 1.165) is 32.7 Å². The quantitative estimate of drug-likeness (QED) is 0.640. The minimum absolute atomic E-state index is 0.361. The van der Waals surface area contributed by atoms with Crippen molar-refractivity contribution in [2.75, 3.05) is 39.3 Å². The zero-order chi connectivity index (χ0) is 11.3. The first-order chi connectivity index (χ1) is 7.21. The van der Waals surface area contributed by atoms with Gasteiger partial charge in [0.05, 0.1) is 6.10 Å². The second-order valence-electron chi connectivity index (χ2n) is 4.31. The molecule has 0 amide bonds. The van der Waals surface area contributed by atoms with Crippen molar-refractivity contribution in [3.8, 4) is 0 Å². The van der Waals surface area contributed by atoms with E-state index in [4.69, 9.17) is 5.73 Å². The van der Waals surface area contributed by atoms with Crippen molar-refractivity contribution >= 4 is 0 Å². The summed E-state index contributed by atoms with van der Waals surface area (Å²) < 4.78 is 0. The lowest BCUT2D eigenvalue weighted by Crippen LogP contribution is -2.40. The van der Waals surface area contributed by atoms with E-state index in [1.807, 2.05) is 0 Å². The summed E-state index contributed by atoms with van der Waals surface area (Å²) in [6.07, 6.45) is 0.861. The molecule has 0 aliphatic carbocycles. The van der Waals surface area contributed by atoms with Crippen LogP contribution in [-0.2, 0) is 0 Å². The number of rotatable bonds is 6. The highest BCUT2D eigenvalue weighted by molar-refractivity contribution is 4.83. The molecular weight excluding hydrogens is 190 g/mol. The fourth-order valence-electron chi connectivity index (χ4n) is 2.39. The van der Waals surface area contributed by atoms with Crippen LogP contribution in [0.25, 0.3) is 0 Å². The molecule has 2 unspecified atom stereocenters. The maximum absolute atomic E-state index is 9.48. The van der Waals surface area contributed by atoms with E-state index < -0.39 is 0 Å². The molecule has 90 valence electrons. The molecule has 1 heterocycles. The van der Waals surface area contributed by atoms with Crippen molar-refractivity contribution in [2.24, 2.45) is 5.73 Å². The molecule has 0 saturated carbocycles. The highest BCUT2D eigenvalue weighted by Gasteiger charge is 2.26. The summed E-state index contributed by atoms with van der Waals surface area (Å²) >= 11 is 0. The van der Waals surface area contributed by atoms with E-state index >= 15 is 0 Å². The molecule has 15 heavy (non-hydrogen) atoms. The zero-order valence-corrected chi connectivity index (χ0v) is 10.0. The molecular formula is C11H25N3O. The molecule has 1 saturated heterocycles.